The molecule has 0 amide bonds. The van der Waals surface area contributed by atoms with E-state index in [1.165, 1.54) is 0 Å². The Morgan fingerprint density at radius 2 is 2.18 bits per heavy atom. The van der Waals surface area contributed by atoms with Crippen molar-refractivity contribution in [3.8, 4) is 0 Å². The summed E-state index contributed by atoms with van der Waals surface area (Å²) in [6.07, 6.45) is 3.04. The first-order valence-electron chi connectivity index (χ1n) is 3.83. The molecule has 0 aromatic carbocycles. The Labute approximate surface area is 66.4 Å². The zero-order valence-corrected chi connectivity index (χ0v) is 6.71. The fraction of sp³-hybridized carbons (Fsp3) is 0.625. The van der Waals surface area contributed by atoms with Crippen LogP contribution in [0.25, 0.3) is 0 Å². The van der Waals surface area contributed by atoms with Gasteiger partial charge in [0.1, 0.15) is 6.29 Å². The molecule has 62 valence electrons. The van der Waals surface area contributed by atoms with Gasteiger partial charge in [-0.2, -0.15) is 0 Å². The summed E-state index contributed by atoms with van der Waals surface area (Å²) in [4.78, 5) is 10.5. The predicted octanol–water partition coefficient (Wildman–Crippen LogP) is 0.155. The average molecular weight is 154 g/mol. The monoisotopic (exact) mass is 154 g/mol. The van der Waals surface area contributed by atoms with Crippen molar-refractivity contribution >= 4 is 6.29 Å². The van der Waals surface area contributed by atoms with Crippen LogP contribution in [0.15, 0.2) is 11.3 Å². The van der Waals surface area contributed by atoms with E-state index in [-0.39, 0.29) is 6.04 Å². The summed E-state index contributed by atoms with van der Waals surface area (Å²) in [6, 6.07) is -0.127. The van der Waals surface area contributed by atoms with Gasteiger partial charge < -0.3 is 11.5 Å². The maximum absolute atomic E-state index is 10.5. The number of aldehydes is 1. The van der Waals surface area contributed by atoms with Gasteiger partial charge in [-0.25, -0.2) is 0 Å². The molecule has 0 radical (unpaired) electrons. The van der Waals surface area contributed by atoms with Crippen molar-refractivity contribution < 1.29 is 4.79 Å². The molecule has 0 bridgehead atoms. The van der Waals surface area contributed by atoms with Gasteiger partial charge in [0.25, 0.3) is 0 Å². The van der Waals surface area contributed by atoms with E-state index in [0.29, 0.717) is 17.2 Å². The summed E-state index contributed by atoms with van der Waals surface area (Å²) in [5.74, 6) is 0.494. The number of hydrogen-bond acceptors (Lipinski definition) is 3. The van der Waals surface area contributed by atoms with Gasteiger partial charge in [0, 0.05) is 17.3 Å². The summed E-state index contributed by atoms with van der Waals surface area (Å²) in [7, 11) is 0. The molecule has 1 unspecified atom stereocenters. The Morgan fingerprint density at radius 1 is 1.64 bits per heavy atom. The molecule has 0 spiro atoms. The molecule has 1 rings (SSSR count). The van der Waals surface area contributed by atoms with E-state index >= 15 is 0 Å². The number of rotatable bonds is 3. The Balaban J connectivity index is 2.67. The quantitative estimate of drug-likeness (QED) is 0.449. The predicted molar refractivity (Wildman–Crippen MR) is 43.7 cm³/mol. The van der Waals surface area contributed by atoms with Gasteiger partial charge in [0.15, 0.2) is 0 Å². The summed E-state index contributed by atoms with van der Waals surface area (Å²) >= 11 is 0. The lowest BCUT2D eigenvalue weighted by Crippen LogP contribution is -2.28. The number of hydrogen-bond donors (Lipinski definition) is 2. The van der Waals surface area contributed by atoms with E-state index in [2.05, 4.69) is 0 Å². The first kappa shape index (κ1) is 8.27. The molecule has 0 heterocycles. The maximum atomic E-state index is 10.5. The lowest BCUT2D eigenvalue weighted by molar-refractivity contribution is -0.105. The molecule has 11 heavy (non-hydrogen) atoms. The van der Waals surface area contributed by atoms with Gasteiger partial charge in [-0.15, -0.1) is 0 Å². The number of carbonyl (C=O) groups is 1. The summed E-state index contributed by atoms with van der Waals surface area (Å²) in [5, 5.41) is 0. The smallest absolute Gasteiger partial charge is 0.149 e. The molecule has 0 saturated heterocycles. The van der Waals surface area contributed by atoms with E-state index in [1.807, 2.05) is 0 Å². The van der Waals surface area contributed by atoms with Crippen LogP contribution in [-0.4, -0.2) is 12.3 Å². The molecule has 1 aliphatic carbocycles. The van der Waals surface area contributed by atoms with Crippen LogP contribution in [0.1, 0.15) is 19.8 Å². The summed E-state index contributed by atoms with van der Waals surface area (Å²) in [6.45, 7) is 1.71. The molecule has 0 aromatic heterocycles. The van der Waals surface area contributed by atoms with Crippen LogP contribution in [0.2, 0.25) is 0 Å². The summed E-state index contributed by atoms with van der Waals surface area (Å²) in [5.41, 5.74) is 12.4. The highest BCUT2D eigenvalue weighted by Crippen LogP contribution is 2.34. The van der Waals surface area contributed by atoms with Crippen molar-refractivity contribution in [3.63, 3.8) is 0 Å². The van der Waals surface area contributed by atoms with Crippen LogP contribution < -0.4 is 11.5 Å². The van der Waals surface area contributed by atoms with E-state index in [9.17, 15) is 4.79 Å². The highest BCUT2D eigenvalue weighted by molar-refractivity contribution is 5.76. The molecule has 3 heteroatoms. The summed E-state index contributed by atoms with van der Waals surface area (Å²) < 4.78 is 0. The SMILES string of the molecule is CC(N)=C(C=O)C(N)C1CC1. The van der Waals surface area contributed by atoms with E-state index < -0.39 is 0 Å². The Hall–Kier alpha value is -0.830. The highest BCUT2D eigenvalue weighted by atomic mass is 16.1. The first-order valence-corrected chi connectivity index (χ1v) is 3.83. The third kappa shape index (κ3) is 1.80. The Morgan fingerprint density at radius 3 is 2.45 bits per heavy atom. The van der Waals surface area contributed by atoms with Gasteiger partial charge in [0.05, 0.1) is 0 Å². The van der Waals surface area contributed by atoms with E-state index in [4.69, 9.17) is 11.5 Å². The topological polar surface area (TPSA) is 69.1 Å². The normalized spacial score (nSPS) is 22.4. The van der Waals surface area contributed by atoms with Crippen LogP contribution in [-0.2, 0) is 4.79 Å². The second-order valence-corrected chi connectivity index (χ2v) is 3.12. The molecular weight excluding hydrogens is 140 g/mol. The van der Waals surface area contributed by atoms with Crippen LogP contribution in [0.5, 0.6) is 0 Å². The van der Waals surface area contributed by atoms with Crippen molar-refractivity contribution in [2.75, 3.05) is 0 Å². The standard InChI is InChI=1S/C8H14N2O/c1-5(9)7(4-11)8(10)6-2-3-6/h4,6,8H,2-3,9-10H2,1H3. The average Bonchev–Trinajstić information content (AvgIpc) is 2.68. The molecule has 1 fully saturated rings. The van der Waals surface area contributed by atoms with Gasteiger partial charge >= 0.3 is 0 Å². The molecule has 0 aliphatic heterocycles. The third-order valence-electron chi connectivity index (χ3n) is 2.07. The minimum Gasteiger partial charge on any atom is -0.402 e. The van der Waals surface area contributed by atoms with Crippen LogP contribution in [0, 0.1) is 5.92 Å². The lowest BCUT2D eigenvalue weighted by atomic mass is 10.0. The highest BCUT2D eigenvalue weighted by Gasteiger charge is 2.31. The zero-order valence-electron chi connectivity index (χ0n) is 6.71. The molecule has 3 nitrogen and oxygen atoms in total. The van der Waals surface area contributed by atoms with Crippen LogP contribution >= 0.6 is 0 Å². The second kappa shape index (κ2) is 3.05. The van der Waals surface area contributed by atoms with Gasteiger partial charge in [-0.1, -0.05) is 0 Å². The van der Waals surface area contributed by atoms with Crippen LogP contribution in [0.3, 0.4) is 0 Å². The molecule has 4 N–H and O–H groups in total. The first-order chi connectivity index (χ1) is 5.16. The van der Waals surface area contributed by atoms with Gasteiger partial charge in [0.2, 0.25) is 0 Å². The van der Waals surface area contributed by atoms with Crippen molar-refractivity contribution in [2.24, 2.45) is 17.4 Å². The fourth-order valence-corrected chi connectivity index (χ4v) is 1.14. The van der Waals surface area contributed by atoms with Crippen molar-refractivity contribution in [1.29, 1.82) is 0 Å². The fourth-order valence-electron chi connectivity index (χ4n) is 1.14. The lowest BCUT2D eigenvalue weighted by Gasteiger charge is -2.10. The second-order valence-electron chi connectivity index (χ2n) is 3.12. The van der Waals surface area contributed by atoms with Crippen LogP contribution in [0.4, 0.5) is 0 Å². The molecular formula is C8H14N2O. The minimum atomic E-state index is -0.127. The van der Waals surface area contributed by atoms with E-state index in [0.717, 1.165) is 19.1 Å². The largest absolute Gasteiger partial charge is 0.402 e. The van der Waals surface area contributed by atoms with Gasteiger partial charge in [-0.3, -0.25) is 4.79 Å². The van der Waals surface area contributed by atoms with Crippen molar-refractivity contribution in [3.05, 3.63) is 11.3 Å². The van der Waals surface area contributed by atoms with Gasteiger partial charge in [-0.05, 0) is 25.7 Å². The number of carbonyl (C=O) groups excluding carboxylic acids is 1. The van der Waals surface area contributed by atoms with Crippen molar-refractivity contribution in [2.45, 2.75) is 25.8 Å². The Bertz CT molecular complexity index is 190. The molecule has 1 aliphatic rings. The zero-order chi connectivity index (χ0) is 8.43. The third-order valence-corrected chi connectivity index (χ3v) is 2.07. The van der Waals surface area contributed by atoms with Crippen molar-refractivity contribution in [1.82, 2.24) is 0 Å². The Kier molecular flexibility index (Phi) is 2.29. The molecule has 1 atom stereocenters. The molecule has 1 saturated carbocycles. The number of allylic oxidation sites excluding steroid dienone is 1. The number of nitrogens with two attached hydrogens (primary N) is 2. The molecule has 0 aromatic rings. The van der Waals surface area contributed by atoms with E-state index in [1.54, 1.807) is 6.92 Å². The minimum absolute atomic E-state index is 0.127. The maximum Gasteiger partial charge on any atom is 0.149 e.